The van der Waals surface area contributed by atoms with Gasteiger partial charge in [-0.05, 0) is 48.4 Å². The molecule has 0 radical (unpaired) electrons. The molecule has 0 bridgehead atoms. The highest BCUT2D eigenvalue weighted by Gasteiger charge is 2.36. The Bertz CT molecular complexity index is 1280. The Morgan fingerprint density at radius 2 is 1.67 bits per heavy atom. The molecular weight excluding hydrogens is 402 g/mol. The van der Waals surface area contributed by atoms with Gasteiger partial charge in [0.05, 0.1) is 40.3 Å². The van der Waals surface area contributed by atoms with Crippen LogP contribution in [-0.2, 0) is 21.1 Å². The minimum absolute atomic E-state index is 0.0259. The maximum absolute atomic E-state index is 13.5. The second-order valence-corrected chi connectivity index (χ2v) is 8.88. The smallest absolute Gasteiger partial charge is 0.337 e. The number of fused-ring (bicyclic) bond motifs is 2. The van der Waals surface area contributed by atoms with Gasteiger partial charge in [-0.25, -0.2) is 13.2 Å². The number of benzene rings is 3. The second-order valence-electron chi connectivity index (χ2n) is 6.99. The molecule has 152 valence electrons. The molecule has 1 aliphatic heterocycles. The van der Waals surface area contributed by atoms with Crippen LogP contribution in [0.1, 0.15) is 31.8 Å². The van der Waals surface area contributed by atoms with Crippen molar-refractivity contribution < 1.29 is 22.7 Å². The summed E-state index contributed by atoms with van der Waals surface area (Å²) in [5, 5.41) is 0. The van der Waals surface area contributed by atoms with Gasteiger partial charge in [-0.15, -0.1) is 0 Å². The first-order valence-corrected chi connectivity index (χ1v) is 10.8. The molecule has 6 nitrogen and oxygen atoms in total. The van der Waals surface area contributed by atoms with E-state index in [4.69, 9.17) is 4.74 Å². The third-order valence-corrected chi connectivity index (χ3v) is 7.06. The van der Waals surface area contributed by atoms with Crippen LogP contribution >= 0.6 is 0 Å². The molecule has 0 atom stereocenters. The van der Waals surface area contributed by atoms with Gasteiger partial charge in [-0.1, -0.05) is 36.4 Å². The Morgan fingerprint density at radius 1 is 0.967 bits per heavy atom. The summed E-state index contributed by atoms with van der Waals surface area (Å²) in [5.41, 5.74) is 2.26. The number of rotatable bonds is 3. The summed E-state index contributed by atoms with van der Waals surface area (Å²) in [5.74, 6) is -1.06. The first-order chi connectivity index (χ1) is 14.3. The van der Waals surface area contributed by atoms with Crippen molar-refractivity contribution in [3.63, 3.8) is 0 Å². The summed E-state index contributed by atoms with van der Waals surface area (Å²) in [7, 11) is -2.72. The molecule has 0 N–H and O–H groups in total. The zero-order chi connectivity index (χ0) is 21.5. The molecule has 0 saturated carbocycles. The van der Waals surface area contributed by atoms with E-state index in [0.717, 1.165) is 11.1 Å². The van der Waals surface area contributed by atoms with Crippen molar-refractivity contribution in [2.75, 3.05) is 12.0 Å². The van der Waals surface area contributed by atoms with Crippen molar-refractivity contribution in [1.29, 1.82) is 0 Å². The average Bonchev–Trinajstić information content (AvgIpc) is 2.82. The molecule has 30 heavy (non-hydrogen) atoms. The molecule has 0 aromatic heterocycles. The lowest BCUT2D eigenvalue weighted by molar-refractivity contribution is 0.0600. The van der Waals surface area contributed by atoms with E-state index in [2.05, 4.69) is 0 Å². The van der Waals surface area contributed by atoms with E-state index in [0.29, 0.717) is 0 Å². The number of aryl methyl sites for hydroxylation is 1. The number of ether oxygens (including phenoxy) is 1. The summed E-state index contributed by atoms with van der Waals surface area (Å²) >= 11 is 0. The van der Waals surface area contributed by atoms with Crippen LogP contribution in [0.4, 0.5) is 5.69 Å². The molecule has 3 aromatic rings. The number of esters is 1. The largest absolute Gasteiger partial charge is 0.465 e. The fraction of sp³-hybridized carbons (Fsp3) is 0.130. The highest BCUT2D eigenvalue weighted by atomic mass is 32.2. The van der Waals surface area contributed by atoms with Crippen molar-refractivity contribution in [3.8, 4) is 0 Å². The Morgan fingerprint density at radius 3 is 2.40 bits per heavy atom. The topological polar surface area (TPSA) is 80.8 Å². The zero-order valence-corrected chi connectivity index (χ0v) is 17.3. The highest BCUT2D eigenvalue weighted by molar-refractivity contribution is 7.91. The van der Waals surface area contributed by atoms with Gasteiger partial charge in [0, 0.05) is 0 Å². The maximum Gasteiger partial charge on any atom is 0.337 e. The molecule has 1 aliphatic rings. The van der Waals surface area contributed by atoms with Gasteiger partial charge in [0.15, 0.2) is 0 Å². The number of hydrogen-bond donors (Lipinski definition) is 0. The van der Waals surface area contributed by atoms with Gasteiger partial charge < -0.3 is 9.64 Å². The highest BCUT2D eigenvalue weighted by Crippen LogP contribution is 2.38. The van der Waals surface area contributed by atoms with Crippen LogP contribution in [0.25, 0.3) is 0 Å². The minimum atomic E-state index is -3.97. The van der Waals surface area contributed by atoms with E-state index in [1.807, 2.05) is 31.2 Å². The molecule has 0 fully saturated rings. The number of anilines is 1. The molecular formula is C23H19NO5S. The summed E-state index contributed by atoms with van der Waals surface area (Å²) < 4.78 is 31.5. The van der Waals surface area contributed by atoms with Crippen molar-refractivity contribution in [2.24, 2.45) is 0 Å². The van der Waals surface area contributed by atoms with Crippen molar-refractivity contribution >= 4 is 27.4 Å². The molecule has 0 aliphatic carbocycles. The van der Waals surface area contributed by atoms with Crippen LogP contribution in [0.3, 0.4) is 0 Å². The Kier molecular flexibility index (Phi) is 4.91. The predicted octanol–water partition coefficient (Wildman–Crippen LogP) is 3.77. The molecule has 3 aromatic carbocycles. The standard InChI is InChI=1S/C23H19NO5S/c1-15-7-3-4-8-17(15)14-24-19-13-16(23(26)29-2)11-12-21(19)30(27,28)20-10-6-5-9-18(20)22(24)25/h3-13H,14H2,1-2H3. The Hall–Kier alpha value is -3.45. The lowest BCUT2D eigenvalue weighted by atomic mass is 10.1. The number of carbonyl (C=O) groups is 2. The maximum atomic E-state index is 13.5. The third-order valence-electron chi connectivity index (χ3n) is 5.20. The SMILES string of the molecule is COC(=O)c1ccc2c(c1)N(Cc1ccccc1C)C(=O)c1ccccc1S2(=O)=O. The molecule has 7 heteroatoms. The summed E-state index contributed by atoms with van der Waals surface area (Å²) in [6.07, 6.45) is 0. The lowest BCUT2D eigenvalue weighted by Gasteiger charge is -2.24. The minimum Gasteiger partial charge on any atom is -0.465 e. The van der Waals surface area contributed by atoms with Gasteiger partial charge in [0.25, 0.3) is 5.91 Å². The van der Waals surface area contributed by atoms with E-state index in [9.17, 15) is 18.0 Å². The van der Waals surface area contributed by atoms with E-state index < -0.39 is 21.7 Å². The molecule has 0 unspecified atom stereocenters. The van der Waals surface area contributed by atoms with Crippen LogP contribution in [0.15, 0.2) is 76.5 Å². The zero-order valence-electron chi connectivity index (χ0n) is 16.5. The monoisotopic (exact) mass is 421 g/mol. The van der Waals surface area contributed by atoms with Crippen LogP contribution in [-0.4, -0.2) is 27.4 Å². The predicted molar refractivity (Wildman–Crippen MR) is 111 cm³/mol. The van der Waals surface area contributed by atoms with Crippen molar-refractivity contribution in [2.45, 2.75) is 23.3 Å². The van der Waals surface area contributed by atoms with Gasteiger partial charge >= 0.3 is 5.97 Å². The van der Waals surface area contributed by atoms with Gasteiger partial charge in [0.1, 0.15) is 0 Å². The lowest BCUT2D eigenvalue weighted by Crippen LogP contribution is -2.30. The fourth-order valence-electron chi connectivity index (χ4n) is 3.57. The number of carbonyl (C=O) groups excluding carboxylic acids is 2. The Balaban J connectivity index is 2.00. The third kappa shape index (κ3) is 3.17. The van der Waals surface area contributed by atoms with Crippen molar-refractivity contribution in [3.05, 3.63) is 89.0 Å². The van der Waals surface area contributed by atoms with Gasteiger partial charge in [-0.3, -0.25) is 4.79 Å². The normalized spacial score (nSPS) is 14.5. The molecule has 0 spiro atoms. The van der Waals surface area contributed by atoms with E-state index in [1.165, 1.54) is 42.3 Å². The quantitative estimate of drug-likeness (QED) is 0.602. The summed E-state index contributed by atoms with van der Waals surface area (Å²) in [6.45, 7) is 2.08. The van der Waals surface area contributed by atoms with Crippen LogP contribution in [0.2, 0.25) is 0 Å². The Labute approximate surface area is 174 Å². The van der Waals surface area contributed by atoms with Gasteiger partial charge in [-0.2, -0.15) is 0 Å². The number of methoxy groups -OCH3 is 1. The first-order valence-electron chi connectivity index (χ1n) is 9.27. The van der Waals surface area contributed by atoms with Crippen molar-refractivity contribution in [1.82, 2.24) is 0 Å². The van der Waals surface area contributed by atoms with E-state index in [-0.39, 0.29) is 33.2 Å². The summed E-state index contributed by atoms with van der Waals surface area (Å²) in [6, 6.07) is 17.9. The fourth-order valence-corrected chi connectivity index (χ4v) is 5.20. The van der Waals surface area contributed by atoms with E-state index in [1.54, 1.807) is 12.1 Å². The van der Waals surface area contributed by atoms with E-state index >= 15 is 0 Å². The molecule has 1 amide bonds. The number of hydrogen-bond acceptors (Lipinski definition) is 5. The van der Waals surface area contributed by atoms with Crippen LogP contribution in [0.5, 0.6) is 0 Å². The summed E-state index contributed by atoms with van der Waals surface area (Å²) in [4.78, 5) is 26.9. The first kappa shape index (κ1) is 19.8. The molecule has 0 saturated heterocycles. The van der Waals surface area contributed by atoms with Crippen LogP contribution in [0, 0.1) is 6.92 Å². The number of nitrogens with zero attached hydrogens (tertiary/aromatic N) is 1. The van der Waals surface area contributed by atoms with Crippen LogP contribution < -0.4 is 4.90 Å². The average molecular weight is 421 g/mol. The molecule has 4 rings (SSSR count). The second kappa shape index (κ2) is 7.42. The number of amides is 1. The number of sulfone groups is 1. The van der Waals surface area contributed by atoms with Gasteiger partial charge in [0.2, 0.25) is 9.84 Å². The molecule has 1 heterocycles.